The summed E-state index contributed by atoms with van der Waals surface area (Å²) in [6, 6.07) is 4.41. The molecule has 0 aliphatic carbocycles. The van der Waals surface area contributed by atoms with Gasteiger partial charge in [0.25, 0.3) is 0 Å². The van der Waals surface area contributed by atoms with E-state index >= 15 is 0 Å². The highest BCUT2D eigenvalue weighted by molar-refractivity contribution is 5.79. The van der Waals surface area contributed by atoms with E-state index in [2.05, 4.69) is 41.2 Å². The molecule has 2 aliphatic rings. The van der Waals surface area contributed by atoms with Crippen LogP contribution >= 0.6 is 0 Å². The summed E-state index contributed by atoms with van der Waals surface area (Å²) in [5, 5.41) is 3.47. The summed E-state index contributed by atoms with van der Waals surface area (Å²) >= 11 is 0. The van der Waals surface area contributed by atoms with Crippen molar-refractivity contribution in [3.8, 4) is 0 Å². The normalized spacial score (nSPS) is 20.5. The minimum atomic E-state index is 0.230. The largest absolute Gasteiger partial charge is 0.465 e. The molecule has 1 N–H and O–H groups in total. The van der Waals surface area contributed by atoms with Gasteiger partial charge in [-0.2, -0.15) is 0 Å². The van der Waals surface area contributed by atoms with E-state index < -0.39 is 0 Å². The van der Waals surface area contributed by atoms with Crippen LogP contribution in [0.2, 0.25) is 0 Å². The molecule has 6 heteroatoms. The highest BCUT2D eigenvalue weighted by Crippen LogP contribution is 2.27. The standard InChI is InChI=1S/C22H38N4O2/c1-4-23-22(25(3)14-9-19-10-15-27-16-11-19)24-17-20(26-12-5-6-13-26)21-8-7-18(2)28-21/h7-8,19-20H,4-6,9-17H2,1-3H3,(H,23,24). The van der Waals surface area contributed by atoms with Crippen molar-refractivity contribution >= 4 is 5.96 Å². The molecule has 28 heavy (non-hydrogen) atoms. The first-order valence-electron chi connectivity index (χ1n) is 11.0. The van der Waals surface area contributed by atoms with Crippen molar-refractivity contribution in [2.24, 2.45) is 10.9 Å². The number of ether oxygens (including phenoxy) is 1. The highest BCUT2D eigenvalue weighted by atomic mass is 16.5. The molecule has 1 aromatic rings. The van der Waals surface area contributed by atoms with Crippen LogP contribution in [-0.2, 0) is 4.74 Å². The molecule has 3 heterocycles. The van der Waals surface area contributed by atoms with Gasteiger partial charge >= 0.3 is 0 Å². The summed E-state index contributed by atoms with van der Waals surface area (Å²) in [6.07, 6.45) is 6.12. The van der Waals surface area contributed by atoms with Gasteiger partial charge in [0.15, 0.2) is 5.96 Å². The fourth-order valence-corrected chi connectivity index (χ4v) is 4.23. The molecule has 0 spiro atoms. The third-order valence-corrected chi connectivity index (χ3v) is 6.00. The summed E-state index contributed by atoms with van der Waals surface area (Å²) in [5.74, 6) is 3.80. The molecular formula is C22H38N4O2. The van der Waals surface area contributed by atoms with E-state index in [1.807, 2.05) is 6.92 Å². The number of aliphatic imine (C=N–C) groups is 1. The second-order valence-corrected chi connectivity index (χ2v) is 8.17. The van der Waals surface area contributed by atoms with Crippen LogP contribution in [0.3, 0.4) is 0 Å². The molecule has 2 fully saturated rings. The van der Waals surface area contributed by atoms with Crippen LogP contribution in [0, 0.1) is 12.8 Å². The van der Waals surface area contributed by atoms with Gasteiger partial charge < -0.3 is 19.4 Å². The third-order valence-electron chi connectivity index (χ3n) is 6.00. The Morgan fingerprint density at radius 3 is 2.68 bits per heavy atom. The number of rotatable bonds is 8. The van der Waals surface area contributed by atoms with Gasteiger partial charge in [-0.25, -0.2) is 0 Å². The predicted octanol–water partition coefficient (Wildman–Crippen LogP) is 3.44. The maximum absolute atomic E-state index is 5.98. The molecule has 6 nitrogen and oxygen atoms in total. The number of hydrogen-bond acceptors (Lipinski definition) is 4. The number of nitrogens with zero attached hydrogens (tertiary/aromatic N) is 3. The zero-order chi connectivity index (χ0) is 19.8. The Labute approximate surface area is 170 Å². The third kappa shape index (κ3) is 5.98. The summed E-state index contributed by atoms with van der Waals surface area (Å²) in [4.78, 5) is 9.82. The predicted molar refractivity (Wildman–Crippen MR) is 114 cm³/mol. The van der Waals surface area contributed by atoms with Crippen molar-refractivity contribution in [2.75, 3.05) is 53.0 Å². The molecule has 0 aromatic carbocycles. The Kier molecular flexibility index (Phi) is 8.22. The van der Waals surface area contributed by atoms with Gasteiger partial charge in [-0.05, 0) is 77.1 Å². The maximum Gasteiger partial charge on any atom is 0.193 e. The minimum absolute atomic E-state index is 0.230. The Hall–Kier alpha value is -1.53. The van der Waals surface area contributed by atoms with Crippen LogP contribution in [0.25, 0.3) is 0 Å². The molecule has 3 rings (SSSR count). The van der Waals surface area contributed by atoms with Crippen molar-refractivity contribution in [3.63, 3.8) is 0 Å². The fraction of sp³-hybridized carbons (Fsp3) is 0.773. The summed E-state index contributed by atoms with van der Waals surface area (Å²) in [7, 11) is 2.16. The number of hydrogen-bond donors (Lipinski definition) is 1. The van der Waals surface area contributed by atoms with Crippen molar-refractivity contribution in [1.82, 2.24) is 15.1 Å². The number of likely N-dealkylation sites (tertiary alicyclic amines) is 1. The lowest BCUT2D eigenvalue weighted by molar-refractivity contribution is 0.0625. The van der Waals surface area contributed by atoms with Crippen LogP contribution in [-0.4, -0.2) is 68.7 Å². The van der Waals surface area contributed by atoms with E-state index in [1.165, 1.54) is 32.1 Å². The van der Waals surface area contributed by atoms with E-state index in [0.717, 1.165) is 69.3 Å². The second-order valence-electron chi connectivity index (χ2n) is 8.17. The Bertz CT molecular complexity index is 603. The molecular weight excluding hydrogens is 352 g/mol. The number of nitrogens with one attached hydrogen (secondary N) is 1. The zero-order valence-corrected chi connectivity index (χ0v) is 18.0. The average Bonchev–Trinajstić information content (AvgIpc) is 3.39. The molecule has 1 aromatic heterocycles. The van der Waals surface area contributed by atoms with Gasteiger partial charge in [0.1, 0.15) is 11.5 Å². The highest BCUT2D eigenvalue weighted by Gasteiger charge is 2.26. The van der Waals surface area contributed by atoms with Gasteiger partial charge in [-0.1, -0.05) is 0 Å². The van der Waals surface area contributed by atoms with E-state index in [-0.39, 0.29) is 6.04 Å². The first-order valence-corrected chi connectivity index (χ1v) is 11.0. The summed E-state index contributed by atoms with van der Waals surface area (Å²) < 4.78 is 11.5. The maximum atomic E-state index is 5.98. The Morgan fingerprint density at radius 1 is 1.29 bits per heavy atom. The molecule has 1 atom stereocenters. The summed E-state index contributed by atoms with van der Waals surface area (Å²) in [6.45, 7) is 10.9. The van der Waals surface area contributed by atoms with Gasteiger partial charge in [0.2, 0.25) is 0 Å². The lowest BCUT2D eigenvalue weighted by Crippen LogP contribution is -2.41. The van der Waals surface area contributed by atoms with Crippen molar-refractivity contribution in [2.45, 2.75) is 52.0 Å². The Morgan fingerprint density at radius 2 is 2.04 bits per heavy atom. The zero-order valence-electron chi connectivity index (χ0n) is 18.0. The number of furan rings is 1. The molecule has 0 saturated carbocycles. The monoisotopic (exact) mass is 390 g/mol. The van der Waals surface area contributed by atoms with Crippen LogP contribution in [0.1, 0.15) is 56.6 Å². The molecule has 2 aliphatic heterocycles. The lowest BCUT2D eigenvalue weighted by atomic mass is 9.96. The quantitative estimate of drug-likeness (QED) is 0.544. The van der Waals surface area contributed by atoms with E-state index in [1.54, 1.807) is 0 Å². The van der Waals surface area contributed by atoms with Crippen LogP contribution < -0.4 is 5.32 Å². The van der Waals surface area contributed by atoms with E-state index in [0.29, 0.717) is 0 Å². The minimum Gasteiger partial charge on any atom is -0.465 e. The topological polar surface area (TPSA) is 53.2 Å². The van der Waals surface area contributed by atoms with Crippen LogP contribution in [0.5, 0.6) is 0 Å². The van der Waals surface area contributed by atoms with Crippen molar-refractivity contribution in [1.29, 1.82) is 0 Å². The van der Waals surface area contributed by atoms with Crippen molar-refractivity contribution in [3.05, 3.63) is 23.7 Å². The first kappa shape index (κ1) is 21.2. The molecule has 0 amide bonds. The van der Waals surface area contributed by atoms with Crippen molar-refractivity contribution < 1.29 is 9.15 Å². The van der Waals surface area contributed by atoms with Gasteiger partial charge in [0.05, 0.1) is 12.6 Å². The molecule has 0 bridgehead atoms. The van der Waals surface area contributed by atoms with Gasteiger partial charge in [0, 0.05) is 33.4 Å². The fourth-order valence-electron chi connectivity index (χ4n) is 4.23. The molecule has 0 radical (unpaired) electrons. The SMILES string of the molecule is CCNC(=NCC(c1ccc(C)o1)N1CCCC1)N(C)CCC1CCOCC1. The second kappa shape index (κ2) is 10.9. The van der Waals surface area contributed by atoms with Crippen LogP contribution in [0.4, 0.5) is 0 Å². The van der Waals surface area contributed by atoms with E-state index in [4.69, 9.17) is 14.1 Å². The number of guanidine groups is 1. The van der Waals surface area contributed by atoms with Crippen LogP contribution in [0.15, 0.2) is 21.5 Å². The Balaban J connectivity index is 1.62. The molecule has 158 valence electrons. The molecule has 1 unspecified atom stereocenters. The lowest BCUT2D eigenvalue weighted by Gasteiger charge is -2.28. The van der Waals surface area contributed by atoms with Gasteiger partial charge in [-0.3, -0.25) is 9.89 Å². The smallest absolute Gasteiger partial charge is 0.193 e. The first-order chi connectivity index (χ1) is 13.7. The summed E-state index contributed by atoms with van der Waals surface area (Å²) in [5.41, 5.74) is 0. The van der Waals surface area contributed by atoms with E-state index in [9.17, 15) is 0 Å². The van der Waals surface area contributed by atoms with Gasteiger partial charge in [-0.15, -0.1) is 0 Å². The molecule has 2 saturated heterocycles. The number of aryl methyl sites for hydroxylation is 1. The average molecular weight is 391 g/mol.